The van der Waals surface area contributed by atoms with E-state index in [0.29, 0.717) is 35.2 Å². The summed E-state index contributed by atoms with van der Waals surface area (Å²) < 4.78 is 89.6. The van der Waals surface area contributed by atoms with Crippen molar-refractivity contribution in [1.29, 1.82) is 0 Å². The molecule has 0 radical (unpaired) electrons. The Hall–Kier alpha value is -4.62. The molecule has 1 nitrogen and oxygen atoms in total. The molecule has 1 aliphatic heterocycles. The van der Waals surface area contributed by atoms with Crippen LogP contribution >= 0.6 is 0 Å². The molecule has 1 heterocycles. The SMILES string of the molecule is CCCC[N+]1(CCCC)Cc2c(-c3cc(F)c(F)c(F)c3)cc3ccccc3c2-c2c(ccc3ccccc23)C1c1cc(F)c(F)c(F)c1. The minimum Gasteiger partial charge on any atom is -0.310 e. The second-order valence-electron chi connectivity index (χ2n) is 13.2. The molecule has 0 N–H and O–H groups in total. The van der Waals surface area contributed by atoms with Gasteiger partial charge >= 0.3 is 0 Å². The highest BCUT2D eigenvalue weighted by atomic mass is 19.2. The summed E-state index contributed by atoms with van der Waals surface area (Å²) in [6.07, 6.45) is 3.27. The molecule has 6 aromatic carbocycles. The third kappa shape index (κ3) is 5.58. The van der Waals surface area contributed by atoms with Crippen molar-refractivity contribution in [2.45, 2.75) is 52.1 Å². The van der Waals surface area contributed by atoms with Crippen LogP contribution in [0.1, 0.15) is 62.3 Å². The highest BCUT2D eigenvalue weighted by Gasteiger charge is 2.45. The summed E-state index contributed by atoms with van der Waals surface area (Å²) in [4.78, 5) is 0. The van der Waals surface area contributed by atoms with Crippen LogP contribution in [0.2, 0.25) is 0 Å². The molecular formula is C42H36F6N+. The largest absolute Gasteiger partial charge is 0.310 e. The molecule has 250 valence electrons. The van der Waals surface area contributed by atoms with Crippen molar-refractivity contribution in [3.8, 4) is 22.3 Å². The second-order valence-corrected chi connectivity index (χ2v) is 13.2. The van der Waals surface area contributed by atoms with E-state index < -0.39 is 40.9 Å². The fourth-order valence-electron chi connectivity index (χ4n) is 8.01. The van der Waals surface area contributed by atoms with Gasteiger partial charge in [-0.3, -0.25) is 0 Å². The summed E-state index contributed by atoms with van der Waals surface area (Å²) in [6, 6.07) is 25.3. The van der Waals surface area contributed by atoms with Gasteiger partial charge in [-0.1, -0.05) is 87.4 Å². The van der Waals surface area contributed by atoms with Gasteiger partial charge in [0.2, 0.25) is 0 Å². The zero-order chi connectivity index (χ0) is 34.4. The number of fused-ring (bicyclic) bond motifs is 7. The normalized spacial score (nSPS) is 15.3. The monoisotopic (exact) mass is 668 g/mol. The lowest BCUT2D eigenvalue weighted by Gasteiger charge is -2.45. The Bertz CT molecular complexity index is 2170. The number of quaternary nitrogens is 1. The summed E-state index contributed by atoms with van der Waals surface area (Å²) in [6.45, 7) is 5.74. The molecule has 0 saturated carbocycles. The molecule has 6 aromatic rings. The molecule has 7 heteroatoms. The molecule has 1 unspecified atom stereocenters. The van der Waals surface area contributed by atoms with E-state index in [2.05, 4.69) is 13.8 Å². The first-order chi connectivity index (χ1) is 23.7. The van der Waals surface area contributed by atoms with Gasteiger partial charge in [0, 0.05) is 27.8 Å². The van der Waals surface area contributed by atoms with Gasteiger partial charge in [-0.05, 0) is 75.8 Å². The van der Waals surface area contributed by atoms with Crippen molar-refractivity contribution in [3.05, 3.63) is 143 Å². The van der Waals surface area contributed by atoms with Crippen LogP contribution in [0.4, 0.5) is 26.3 Å². The van der Waals surface area contributed by atoms with Gasteiger partial charge in [0.25, 0.3) is 0 Å². The first-order valence-corrected chi connectivity index (χ1v) is 16.9. The molecule has 0 saturated heterocycles. The van der Waals surface area contributed by atoms with Crippen LogP contribution in [0, 0.1) is 34.9 Å². The minimum absolute atomic E-state index is 0.196. The average Bonchev–Trinajstić information content (AvgIpc) is 3.23. The Balaban J connectivity index is 1.70. The first kappa shape index (κ1) is 32.9. The van der Waals surface area contributed by atoms with Gasteiger partial charge in [-0.15, -0.1) is 0 Å². The number of benzene rings is 6. The van der Waals surface area contributed by atoms with Gasteiger partial charge in [0.1, 0.15) is 12.6 Å². The van der Waals surface area contributed by atoms with E-state index in [1.165, 1.54) is 0 Å². The van der Waals surface area contributed by atoms with E-state index in [0.717, 1.165) is 93.7 Å². The van der Waals surface area contributed by atoms with Crippen molar-refractivity contribution in [3.63, 3.8) is 0 Å². The van der Waals surface area contributed by atoms with Crippen LogP contribution in [-0.4, -0.2) is 17.6 Å². The fraction of sp³-hybridized carbons (Fsp3) is 0.238. The molecular weight excluding hydrogens is 632 g/mol. The van der Waals surface area contributed by atoms with Crippen LogP contribution in [0.5, 0.6) is 0 Å². The second kappa shape index (κ2) is 13.0. The molecule has 1 aliphatic rings. The summed E-state index contributed by atoms with van der Waals surface area (Å²) in [5.41, 5.74) is 4.40. The van der Waals surface area contributed by atoms with Crippen molar-refractivity contribution in [2.24, 2.45) is 0 Å². The maximum absolute atomic E-state index is 15.2. The Morgan fingerprint density at radius 3 is 1.71 bits per heavy atom. The van der Waals surface area contributed by atoms with Crippen LogP contribution in [0.25, 0.3) is 43.8 Å². The van der Waals surface area contributed by atoms with E-state index >= 15 is 8.78 Å². The number of unbranched alkanes of at least 4 members (excludes halogenated alkanes) is 2. The summed E-state index contributed by atoms with van der Waals surface area (Å²) in [5, 5.41) is 3.57. The van der Waals surface area contributed by atoms with Crippen molar-refractivity contribution in [2.75, 3.05) is 13.1 Å². The number of hydrogen-bond donors (Lipinski definition) is 0. The summed E-state index contributed by atoms with van der Waals surface area (Å²) in [7, 11) is 0. The molecule has 1 atom stereocenters. The predicted octanol–water partition coefficient (Wildman–Crippen LogP) is 12.2. The smallest absolute Gasteiger partial charge is 0.194 e. The Morgan fingerprint density at radius 2 is 1.12 bits per heavy atom. The Kier molecular flexibility index (Phi) is 8.74. The van der Waals surface area contributed by atoms with E-state index in [-0.39, 0.29) is 5.56 Å². The number of nitrogens with zero attached hydrogens (tertiary/aromatic N) is 1. The fourth-order valence-corrected chi connectivity index (χ4v) is 8.01. The highest BCUT2D eigenvalue weighted by molar-refractivity contribution is 6.10. The molecule has 0 aromatic heterocycles. The van der Waals surface area contributed by atoms with Crippen LogP contribution in [0.3, 0.4) is 0 Å². The minimum atomic E-state index is -1.54. The third-order valence-electron chi connectivity index (χ3n) is 10.2. The zero-order valence-corrected chi connectivity index (χ0v) is 27.4. The van der Waals surface area contributed by atoms with Gasteiger partial charge in [-0.2, -0.15) is 0 Å². The lowest BCUT2D eigenvalue weighted by Crippen LogP contribution is -2.51. The predicted molar refractivity (Wildman–Crippen MR) is 184 cm³/mol. The van der Waals surface area contributed by atoms with Crippen LogP contribution < -0.4 is 0 Å². The van der Waals surface area contributed by atoms with E-state index in [1.54, 1.807) is 0 Å². The third-order valence-corrected chi connectivity index (χ3v) is 10.2. The Labute approximate surface area is 282 Å². The van der Waals surface area contributed by atoms with E-state index in [1.807, 2.05) is 66.7 Å². The van der Waals surface area contributed by atoms with Gasteiger partial charge in [-0.25, -0.2) is 26.3 Å². The maximum Gasteiger partial charge on any atom is 0.194 e. The van der Waals surface area contributed by atoms with Crippen molar-refractivity contribution < 1.29 is 30.8 Å². The molecule has 49 heavy (non-hydrogen) atoms. The van der Waals surface area contributed by atoms with Crippen LogP contribution in [-0.2, 0) is 6.54 Å². The quantitative estimate of drug-likeness (QED) is 0.0860. The Morgan fingerprint density at radius 1 is 0.592 bits per heavy atom. The highest BCUT2D eigenvalue weighted by Crippen LogP contribution is 2.53. The van der Waals surface area contributed by atoms with Crippen molar-refractivity contribution >= 4 is 21.5 Å². The molecule has 0 bridgehead atoms. The molecule has 0 aliphatic carbocycles. The average molecular weight is 669 g/mol. The van der Waals surface area contributed by atoms with Gasteiger partial charge in [0.05, 0.1) is 13.1 Å². The van der Waals surface area contributed by atoms with E-state index in [4.69, 9.17) is 0 Å². The summed E-state index contributed by atoms with van der Waals surface area (Å²) in [5.74, 6) is -8.15. The first-order valence-electron chi connectivity index (χ1n) is 16.9. The number of halogens is 6. The lowest BCUT2D eigenvalue weighted by molar-refractivity contribution is -0.964. The molecule has 0 fully saturated rings. The van der Waals surface area contributed by atoms with Crippen molar-refractivity contribution in [1.82, 2.24) is 0 Å². The van der Waals surface area contributed by atoms with Gasteiger partial charge < -0.3 is 4.48 Å². The number of hydrogen-bond acceptors (Lipinski definition) is 0. The van der Waals surface area contributed by atoms with E-state index in [9.17, 15) is 17.6 Å². The molecule has 0 amide bonds. The molecule has 7 rings (SSSR count). The zero-order valence-electron chi connectivity index (χ0n) is 27.4. The maximum atomic E-state index is 15.2. The standard InChI is InChI=1S/C42H36F6N/c1-3-5-17-49(18-6-4-2)24-33-32(27-20-34(43)40(47)35(44)21-27)19-26-12-8-10-14-30(26)39(33)38-29-13-9-7-11-25(29)15-16-31(38)42(49)28-22-36(45)41(48)37(46)23-28/h7-16,19-23,42H,3-6,17-18,24H2,1-2H3/q+1. The van der Waals surface area contributed by atoms with Gasteiger partial charge in [0.15, 0.2) is 34.9 Å². The topological polar surface area (TPSA) is 0 Å². The van der Waals surface area contributed by atoms with Crippen LogP contribution in [0.15, 0.2) is 91.0 Å². The summed E-state index contributed by atoms with van der Waals surface area (Å²) >= 11 is 0. The molecule has 0 spiro atoms. The lowest BCUT2D eigenvalue weighted by atomic mass is 9.82. The number of rotatable bonds is 8.